The van der Waals surface area contributed by atoms with Crippen LogP contribution in [-0.2, 0) is 11.3 Å². The number of carbonyl (C=O) groups excluding carboxylic acids is 1. The third-order valence-electron chi connectivity index (χ3n) is 3.80. The molecular weight excluding hydrogens is 381 g/mol. The monoisotopic (exact) mass is 397 g/mol. The summed E-state index contributed by atoms with van der Waals surface area (Å²) in [6.07, 6.45) is 2.04. The van der Waals surface area contributed by atoms with E-state index in [1.807, 2.05) is 24.4 Å². The molecule has 3 rings (SSSR count). The van der Waals surface area contributed by atoms with Gasteiger partial charge in [-0.1, -0.05) is 23.2 Å². The first-order valence-electron chi connectivity index (χ1n) is 7.61. The van der Waals surface area contributed by atoms with E-state index in [4.69, 9.17) is 27.9 Å². The Kier molecular flexibility index (Phi) is 5.22. The molecule has 0 bridgehead atoms. The van der Waals surface area contributed by atoms with Gasteiger partial charge >= 0.3 is 0 Å². The lowest BCUT2D eigenvalue weighted by molar-refractivity contribution is -0.132. The van der Waals surface area contributed by atoms with Gasteiger partial charge < -0.3 is 9.64 Å². The normalized spacial score (nSPS) is 11.1. The molecule has 8 heteroatoms. The average molecular weight is 398 g/mol. The summed E-state index contributed by atoms with van der Waals surface area (Å²) in [5.41, 5.74) is 1.92. The summed E-state index contributed by atoms with van der Waals surface area (Å²) in [7, 11) is 1.74. The second-order valence-electron chi connectivity index (χ2n) is 5.75. The summed E-state index contributed by atoms with van der Waals surface area (Å²) in [6, 6.07) is 4.90. The van der Waals surface area contributed by atoms with Crippen LogP contribution in [0.2, 0.25) is 10.0 Å². The lowest BCUT2D eigenvalue weighted by Crippen LogP contribution is -2.31. The lowest BCUT2D eigenvalue weighted by atomic mass is 10.3. The average Bonchev–Trinajstić information content (AvgIpc) is 3.04. The summed E-state index contributed by atoms with van der Waals surface area (Å²) in [5.74, 6) is 0.240. The number of hydrogen-bond donors (Lipinski definition) is 0. The van der Waals surface area contributed by atoms with Gasteiger partial charge in [-0.25, -0.2) is 4.98 Å². The van der Waals surface area contributed by atoms with E-state index in [2.05, 4.69) is 4.98 Å². The van der Waals surface area contributed by atoms with Crippen LogP contribution in [0.1, 0.15) is 16.3 Å². The maximum atomic E-state index is 12.4. The predicted molar refractivity (Wildman–Crippen MR) is 101 cm³/mol. The molecule has 0 saturated heterocycles. The van der Waals surface area contributed by atoms with E-state index in [9.17, 15) is 4.79 Å². The molecule has 0 aliphatic rings. The van der Waals surface area contributed by atoms with Gasteiger partial charge in [0.25, 0.3) is 5.91 Å². The minimum Gasteiger partial charge on any atom is -0.482 e. The van der Waals surface area contributed by atoms with E-state index in [-0.39, 0.29) is 12.5 Å². The van der Waals surface area contributed by atoms with Crippen molar-refractivity contribution in [3.8, 4) is 5.75 Å². The number of hydrogen-bond acceptors (Lipinski definition) is 4. The third-order valence-corrected chi connectivity index (χ3v) is 5.24. The lowest BCUT2D eigenvalue weighted by Gasteiger charge is -2.18. The number of rotatable bonds is 5. The fraction of sp³-hybridized carbons (Fsp3) is 0.294. The van der Waals surface area contributed by atoms with Crippen LogP contribution in [0.5, 0.6) is 5.75 Å². The van der Waals surface area contributed by atoms with Crippen LogP contribution in [0, 0.1) is 13.8 Å². The molecule has 0 unspecified atom stereocenters. The largest absolute Gasteiger partial charge is 0.482 e. The van der Waals surface area contributed by atoms with Gasteiger partial charge in [0, 0.05) is 29.2 Å². The highest BCUT2D eigenvalue weighted by atomic mass is 35.5. The number of halogens is 2. The Hall–Kier alpha value is -1.76. The number of likely N-dealkylation sites (N-methyl/N-ethyl adjacent to an activating group) is 1. The molecule has 0 radical (unpaired) electrons. The molecule has 0 aliphatic heterocycles. The molecule has 0 fully saturated rings. The van der Waals surface area contributed by atoms with E-state index in [0.29, 0.717) is 22.3 Å². The molecular formula is C17H17Cl2N3O2S. The number of imidazole rings is 1. The maximum Gasteiger partial charge on any atom is 0.260 e. The third kappa shape index (κ3) is 3.92. The molecule has 1 aromatic carbocycles. The van der Waals surface area contributed by atoms with Crippen molar-refractivity contribution >= 4 is 45.4 Å². The van der Waals surface area contributed by atoms with Crippen LogP contribution in [0.25, 0.3) is 4.96 Å². The molecule has 25 heavy (non-hydrogen) atoms. The Morgan fingerprint density at radius 2 is 2.12 bits per heavy atom. The molecule has 2 aromatic heterocycles. The van der Waals surface area contributed by atoms with Crippen LogP contribution in [0.3, 0.4) is 0 Å². The van der Waals surface area contributed by atoms with Gasteiger partial charge in [-0.15, -0.1) is 11.3 Å². The number of ether oxygens (including phenoxy) is 1. The number of amides is 1. The van der Waals surface area contributed by atoms with Gasteiger partial charge in [-0.2, -0.15) is 0 Å². The number of thiazole rings is 1. The molecule has 0 saturated carbocycles. The highest BCUT2D eigenvalue weighted by Gasteiger charge is 2.17. The van der Waals surface area contributed by atoms with E-state index in [1.165, 1.54) is 4.88 Å². The smallest absolute Gasteiger partial charge is 0.260 e. The van der Waals surface area contributed by atoms with Crippen LogP contribution < -0.4 is 4.74 Å². The van der Waals surface area contributed by atoms with E-state index < -0.39 is 0 Å². The summed E-state index contributed by atoms with van der Waals surface area (Å²) >= 11 is 13.6. The topological polar surface area (TPSA) is 46.8 Å². The number of carbonyl (C=O) groups is 1. The Labute approximate surface area is 159 Å². The van der Waals surface area contributed by atoms with Gasteiger partial charge in [0.1, 0.15) is 5.75 Å². The van der Waals surface area contributed by atoms with Crippen molar-refractivity contribution in [1.29, 1.82) is 0 Å². The zero-order valence-electron chi connectivity index (χ0n) is 14.0. The van der Waals surface area contributed by atoms with Crippen LogP contribution in [0.15, 0.2) is 24.4 Å². The van der Waals surface area contributed by atoms with Crippen molar-refractivity contribution in [3.63, 3.8) is 0 Å². The van der Waals surface area contributed by atoms with Crippen molar-refractivity contribution < 1.29 is 9.53 Å². The molecule has 0 aliphatic carbocycles. The highest BCUT2D eigenvalue weighted by Crippen LogP contribution is 2.27. The molecule has 0 atom stereocenters. The molecule has 1 amide bonds. The zero-order valence-corrected chi connectivity index (χ0v) is 16.4. The first-order valence-corrected chi connectivity index (χ1v) is 9.18. The second-order valence-corrected chi connectivity index (χ2v) is 7.81. The first kappa shape index (κ1) is 18.0. The van der Waals surface area contributed by atoms with Gasteiger partial charge in [0.15, 0.2) is 11.6 Å². The molecule has 5 nitrogen and oxygen atoms in total. The standard InChI is InChI=1S/C17H17Cl2N3O2S/c1-10-7-22-14(11(2)20-17(22)25-10)8-21(3)16(23)9-24-15-6-12(18)4-5-13(15)19/h4-7H,8-9H2,1-3H3. The maximum absolute atomic E-state index is 12.4. The molecule has 132 valence electrons. The Bertz CT molecular complexity index is 936. The van der Waals surface area contributed by atoms with Crippen molar-refractivity contribution in [2.75, 3.05) is 13.7 Å². The molecule has 3 aromatic rings. The van der Waals surface area contributed by atoms with Crippen LogP contribution in [-0.4, -0.2) is 33.8 Å². The predicted octanol–water partition coefficient (Wildman–Crippen LogP) is 4.36. The van der Waals surface area contributed by atoms with Crippen LogP contribution >= 0.6 is 34.5 Å². The summed E-state index contributed by atoms with van der Waals surface area (Å²) < 4.78 is 7.55. The Morgan fingerprint density at radius 3 is 2.88 bits per heavy atom. The fourth-order valence-corrected chi connectivity index (χ4v) is 3.67. The van der Waals surface area contributed by atoms with Gasteiger partial charge in [0.05, 0.1) is 23.0 Å². The number of fused-ring (bicyclic) bond motifs is 1. The summed E-state index contributed by atoms with van der Waals surface area (Å²) in [4.78, 5) is 20.7. The summed E-state index contributed by atoms with van der Waals surface area (Å²) in [6.45, 7) is 4.33. The first-order chi connectivity index (χ1) is 11.8. The Morgan fingerprint density at radius 1 is 1.36 bits per heavy atom. The summed E-state index contributed by atoms with van der Waals surface area (Å²) in [5, 5.41) is 0.923. The number of benzene rings is 1. The highest BCUT2D eigenvalue weighted by molar-refractivity contribution is 7.17. The van der Waals surface area contributed by atoms with Crippen molar-refractivity contribution in [1.82, 2.24) is 14.3 Å². The van der Waals surface area contributed by atoms with E-state index >= 15 is 0 Å². The quantitative estimate of drug-likeness (QED) is 0.642. The van der Waals surface area contributed by atoms with E-state index in [0.717, 1.165) is 16.3 Å². The SMILES string of the molecule is Cc1cn2c(CN(C)C(=O)COc3cc(Cl)ccc3Cl)c(C)nc2s1. The van der Waals surface area contributed by atoms with Crippen molar-refractivity contribution in [2.24, 2.45) is 0 Å². The number of nitrogens with zero attached hydrogens (tertiary/aromatic N) is 3. The molecule has 0 N–H and O–H groups in total. The van der Waals surface area contributed by atoms with Crippen molar-refractivity contribution in [3.05, 3.63) is 50.7 Å². The Balaban J connectivity index is 1.68. The minimum atomic E-state index is -0.155. The van der Waals surface area contributed by atoms with Gasteiger partial charge in [-0.05, 0) is 26.0 Å². The van der Waals surface area contributed by atoms with Gasteiger partial charge in [-0.3, -0.25) is 9.20 Å². The number of aromatic nitrogens is 2. The second kappa shape index (κ2) is 7.23. The van der Waals surface area contributed by atoms with E-state index in [1.54, 1.807) is 41.5 Å². The zero-order chi connectivity index (χ0) is 18.1. The molecule has 0 spiro atoms. The number of aryl methyl sites for hydroxylation is 2. The molecule has 2 heterocycles. The van der Waals surface area contributed by atoms with Crippen LogP contribution in [0.4, 0.5) is 0 Å². The van der Waals surface area contributed by atoms with Gasteiger partial charge in [0.2, 0.25) is 0 Å². The minimum absolute atomic E-state index is 0.111. The van der Waals surface area contributed by atoms with Crippen molar-refractivity contribution in [2.45, 2.75) is 20.4 Å². The fourth-order valence-electron chi connectivity index (χ4n) is 2.45.